The maximum absolute atomic E-state index is 6.24. The highest BCUT2D eigenvalue weighted by molar-refractivity contribution is 9.10. The van der Waals surface area contributed by atoms with Gasteiger partial charge >= 0.3 is 0 Å². The van der Waals surface area contributed by atoms with Crippen molar-refractivity contribution in [1.29, 1.82) is 0 Å². The molecule has 0 aliphatic carbocycles. The van der Waals surface area contributed by atoms with E-state index < -0.39 is 0 Å². The second-order valence-electron chi connectivity index (χ2n) is 3.82. The van der Waals surface area contributed by atoms with Gasteiger partial charge < -0.3 is 10.5 Å². The van der Waals surface area contributed by atoms with Gasteiger partial charge in [-0.2, -0.15) is 0 Å². The maximum atomic E-state index is 6.24. The number of ether oxygens (including phenoxy) is 1. The van der Waals surface area contributed by atoms with Crippen molar-refractivity contribution < 1.29 is 4.74 Å². The molecule has 1 aromatic heterocycles. The number of aryl methyl sites for hydroxylation is 1. The van der Waals surface area contributed by atoms with Crippen LogP contribution in [0.5, 0.6) is 5.75 Å². The predicted molar refractivity (Wildman–Crippen MR) is 75.8 cm³/mol. The Hall–Kier alpha value is -0.840. The van der Waals surface area contributed by atoms with Crippen LogP contribution in [-0.4, -0.2) is 7.11 Å². The lowest BCUT2D eigenvalue weighted by molar-refractivity contribution is 0.412. The predicted octanol–water partition coefficient (Wildman–Crippen LogP) is 3.88. The third kappa shape index (κ3) is 2.70. The van der Waals surface area contributed by atoms with Crippen LogP contribution in [0.1, 0.15) is 21.4 Å². The first-order chi connectivity index (χ1) is 8.11. The summed E-state index contributed by atoms with van der Waals surface area (Å²) >= 11 is 5.21. The number of methoxy groups -OCH3 is 1. The van der Waals surface area contributed by atoms with Gasteiger partial charge in [-0.1, -0.05) is 6.07 Å². The molecule has 4 heteroatoms. The van der Waals surface area contributed by atoms with Crippen LogP contribution in [0.4, 0.5) is 0 Å². The van der Waals surface area contributed by atoms with Gasteiger partial charge in [0.2, 0.25) is 0 Å². The van der Waals surface area contributed by atoms with E-state index in [9.17, 15) is 0 Å². The fraction of sp³-hybridized carbons (Fsp3) is 0.231. The monoisotopic (exact) mass is 311 g/mol. The molecule has 1 atom stereocenters. The Morgan fingerprint density at radius 1 is 1.29 bits per heavy atom. The summed E-state index contributed by atoms with van der Waals surface area (Å²) in [5.41, 5.74) is 7.32. The van der Waals surface area contributed by atoms with Gasteiger partial charge in [-0.25, -0.2) is 0 Å². The van der Waals surface area contributed by atoms with E-state index in [0.717, 1.165) is 15.8 Å². The van der Waals surface area contributed by atoms with Gasteiger partial charge in [0.25, 0.3) is 0 Å². The first kappa shape index (κ1) is 12.6. The van der Waals surface area contributed by atoms with Crippen molar-refractivity contribution in [3.63, 3.8) is 0 Å². The van der Waals surface area contributed by atoms with E-state index in [1.165, 1.54) is 9.75 Å². The topological polar surface area (TPSA) is 35.2 Å². The molecule has 1 aromatic carbocycles. The van der Waals surface area contributed by atoms with Gasteiger partial charge in [-0.05, 0) is 52.7 Å². The lowest BCUT2D eigenvalue weighted by Gasteiger charge is -2.12. The maximum Gasteiger partial charge on any atom is 0.133 e. The van der Waals surface area contributed by atoms with Crippen molar-refractivity contribution >= 4 is 27.3 Å². The smallest absolute Gasteiger partial charge is 0.133 e. The fourth-order valence-electron chi connectivity index (χ4n) is 1.66. The van der Waals surface area contributed by atoms with E-state index >= 15 is 0 Å². The van der Waals surface area contributed by atoms with Crippen molar-refractivity contribution in [2.75, 3.05) is 7.11 Å². The molecule has 1 heterocycles. The Kier molecular flexibility index (Phi) is 3.86. The number of nitrogens with two attached hydrogens (primary N) is 1. The van der Waals surface area contributed by atoms with Gasteiger partial charge in [-0.15, -0.1) is 11.3 Å². The summed E-state index contributed by atoms with van der Waals surface area (Å²) in [6, 6.07) is 10.1. The van der Waals surface area contributed by atoms with Crippen LogP contribution in [0.2, 0.25) is 0 Å². The van der Waals surface area contributed by atoms with Crippen LogP contribution in [0.15, 0.2) is 34.8 Å². The molecule has 2 nitrogen and oxygen atoms in total. The van der Waals surface area contributed by atoms with E-state index in [0.29, 0.717) is 0 Å². The van der Waals surface area contributed by atoms with Gasteiger partial charge in [0.1, 0.15) is 5.75 Å². The molecular formula is C13H14BrNOS. The number of benzene rings is 1. The van der Waals surface area contributed by atoms with Gasteiger partial charge in [0.05, 0.1) is 17.6 Å². The van der Waals surface area contributed by atoms with Crippen molar-refractivity contribution in [2.45, 2.75) is 13.0 Å². The third-order valence-corrected chi connectivity index (χ3v) is 4.31. The molecule has 1 unspecified atom stereocenters. The van der Waals surface area contributed by atoms with Gasteiger partial charge in [0, 0.05) is 9.75 Å². The van der Waals surface area contributed by atoms with Crippen molar-refractivity contribution in [3.05, 3.63) is 50.1 Å². The number of hydrogen-bond acceptors (Lipinski definition) is 3. The zero-order chi connectivity index (χ0) is 12.4. The standard InChI is InChI=1S/C13H14BrNOS/c1-8-3-6-12(17-8)13(15)9-4-5-11(16-2)10(14)7-9/h3-7,13H,15H2,1-2H3. The molecule has 2 N–H and O–H groups in total. The zero-order valence-corrected chi connectivity index (χ0v) is 12.1. The zero-order valence-electron chi connectivity index (χ0n) is 9.74. The second-order valence-corrected chi connectivity index (χ2v) is 5.99. The summed E-state index contributed by atoms with van der Waals surface area (Å²) in [4.78, 5) is 2.46. The largest absolute Gasteiger partial charge is 0.496 e. The minimum absolute atomic E-state index is 0.0732. The van der Waals surface area contributed by atoms with E-state index in [4.69, 9.17) is 10.5 Å². The lowest BCUT2D eigenvalue weighted by atomic mass is 10.1. The number of rotatable bonds is 3. The summed E-state index contributed by atoms with van der Waals surface area (Å²) in [5, 5.41) is 0. The highest BCUT2D eigenvalue weighted by atomic mass is 79.9. The first-order valence-electron chi connectivity index (χ1n) is 5.27. The molecule has 0 saturated heterocycles. The Balaban J connectivity index is 2.31. The number of halogens is 1. The SMILES string of the molecule is COc1ccc(C(N)c2ccc(C)s2)cc1Br. The molecule has 90 valence electrons. The molecule has 2 rings (SSSR count). The molecule has 17 heavy (non-hydrogen) atoms. The van der Waals surface area contributed by atoms with Crippen molar-refractivity contribution in [1.82, 2.24) is 0 Å². The van der Waals surface area contributed by atoms with E-state index in [1.807, 2.05) is 18.2 Å². The molecular weight excluding hydrogens is 298 g/mol. The highest BCUT2D eigenvalue weighted by Gasteiger charge is 2.12. The molecule has 0 aliphatic heterocycles. The molecule has 0 aliphatic rings. The van der Waals surface area contributed by atoms with Crippen LogP contribution in [0.3, 0.4) is 0 Å². The van der Waals surface area contributed by atoms with Crippen LogP contribution in [-0.2, 0) is 0 Å². The van der Waals surface area contributed by atoms with Crippen LogP contribution < -0.4 is 10.5 Å². The highest BCUT2D eigenvalue weighted by Crippen LogP contribution is 2.31. The summed E-state index contributed by atoms with van der Waals surface area (Å²) in [7, 11) is 1.66. The molecule has 0 amide bonds. The van der Waals surface area contributed by atoms with E-state index in [-0.39, 0.29) is 6.04 Å². The Morgan fingerprint density at radius 3 is 2.59 bits per heavy atom. The number of thiophene rings is 1. The van der Waals surface area contributed by atoms with Crippen LogP contribution in [0, 0.1) is 6.92 Å². The first-order valence-corrected chi connectivity index (χ1v) is 6.88. The Labute approximate surface area is 114 Å². The normalized spacial score (nSPS) is 12.5. The quantitative estimate of drug-likeness (QED) is 0.933. The van der Waals surface area contributed by atoms with Gasteiger partial charge in [-0.3, -0.25) is 0 Å². The molecule has 0 radical (unpaired) electrons. The molecule has 0 bridgehead atoms. The molecule has 0 fully saturated rings. The third-order valence-electron chi connectivity index (χ3n) is 2.60. The Morgan fingerprint density at radius 2 is 2.06 bits per heavy atom. The molecule has 2 aromatic rings. The van der Waals surface area contributed by atoms with Crippen molar-refractivity contribution in [3.8, 4) is 5.75 Å². The van der Waals surface area contributed by atoms with Crippen LogP contribution in [0.25, 0.3) is 0 Å². The molecule has 0 spiro atoms. The average molecular weight is 312 g/mol. The minimum atomic E-state index is -0.0732. The average Bonchev–Trinajstić information content (AvgIpc) is 2.75. The van der Waals surface area contributed by atoms with Gasteiger partial charge in [0.15, 0.2) is 0 Å². The van der Waals surface area contributed by atoms with Crippen LogP contribution >= 0.6 is 27.3 Å². The summed E-state index contributed by atoms with van der Waals surface area (Å²) in [5.74, 6) is 0.823. The minimum Gasteiger partial charge on any atom is -0.496 e. The summed E-state index contributed by atoms with van der Waals surface area (Å²) in [6.07, 6.45) is 0. The van der Waals surface area contributed by atoms with E-state index in [2.05, 4.69) is 35.0 Å². The lowest BCUT2D eigenvalue weighted by Crippen LogP contribution is -2.10. The fourth-order valence-corrected chi connectivity index (χ4v) is 3.13. The van der Waals surface area contributed by atoms with Crippen molar-refractivity contribution in [2.24, 2.45) is 5.73 Å². The number of hydrogen-bond donors (Lipinski definition) is 1. The second kappa shape index (κ2) is 5.21. The Bertz CT molecular complexity index is 524. The van der Waals surface area contributed by atoms with E-state index in [1.54, 1.807) is 18.4 Å². The summed E-state index contributed by atoms with van der Waals surface area (Å²) in [6.45, 7) is 2.09. The summed E-state index contributed by atoms with van der Waals surface area (Å²) < 4.78 is 6.14. The molecule has 0 saturated carbocycles.